The number of nitrogens with zero attached hydrogens (tertiary/aromatic N) is 1. The second kappa shape index (κ2) is 5.76. The predicted octanol–water partition coefficient (Wildman–Crippen LogP) is 2.52. The van der Waals surface area contributed by atoms with E-state index < -0.39 is 11.6 Å². The number of benzene rings is 1. The molecule has 1 aromatic carbocycles. The van der Waals surface area contributed by atoms with Gasteiger partial charge in [0.15, 0.2) is 11.6 Å². The summed E-state index contributed by atoms with van der Waals surface area (Å²) in [5.41, 5.74) is 6.60. The molecule has 1 fully saturated rings. The number of hydrogen-bond acceptors (Lipinski definition) is 2. The van der Waals surface area contributed by atoms with Crippen molar-refractivity contribution in [3.8, 4) is 0 Å². The summed E-state index contributed by atoms with van der Waals surface area (Å²) in [7, 11) is 0. The molecule has 2 N–H and O–H groups in total. The molecule has 0 spiro atoms. The second-order valence-corrected chi connectivity index (χ2v) is 5.24. The molecular weight excluding hydrogens is 234 g/mol. The number of nitrogens with two attached hydrogens (primary N) is 1. The van der Waals surface area contributed by atoms with Gasteiger partial charge in [0.05, 0.1) is 0 Å². The van der Waals surface area contributed by atoms with Crippen molar-refractivity contribution in [3.05, 3.63) is 35.4 Å². The highest BCUT2D eigenvalue weighted by Gasteiger charge is 2.25. The van der Waals surface area contributed by atoms with Gasteiger partial charge in [0.2, 0.25) is 0 Å². The molecule has 2 nitrogen and oxygen atoms in total. The molecule has 1 aliphatic rings. The van der Waals surface area contributed by atoms with Crippen molar-refractivity contribution in [2.45, 2.75) is 32.4 Å². The second-order valence-electron chi connectivity index (χ2n) is 5.24. The summed E-state index contributed by atoms with van der Waals surface area (Å²) in [5, 5.41) is 0. The summed E-state index contributed by atoms with van der Waals surface area (Å²) in [6, 6.07) is 4.46. The van der Waals surface area contributed by atoms with Crippen LogP contribution in [0.1, 0.15) is 25.3 Å². The van der Waals surface area contributed by atoms with Crippen LogP contribution in [0.4, 0.5) is 8.78 Å². The highest BCUT2D eigenvalue weighted by Crippen LogP contribution is 2.24. The summed E-state index contributed by atoms with van der Waals surface area (Å²) in [6.07, 6.45) is 2.22. The first kappa shape index (κ1) is 13.4. The highest BCUT2D eigenvalue weighted by molar-refractivity contribution is 5.18. The Hall–Kier alpha value is -1.00. The van der Waals surface area contributed by atoms with Gasteiger partial charge in [0.25, 0.3) is 0 Å². The molecule has 0 aliphatic carbocycles. The summed E-state index contributed by atoms with van der Waals surface area (Å²) in [4.78, 5) is 2.27. The summed E-state index contributed by atoms with van der Waals surface area (Å²) in [6.45, 7) is 4.47. The zero-order valence-corrected chi connectivity index (χ0v) is 10.7. The fourth-order valence-corrected chi connectivity index (χ4v) is 2.63. The van der Waals surface area contributed by atoms with Crippen LogP contribution in [-0.2, 0) is 6.54 Å². The fraction of sp³-hybridized carbons (Fsp3) is 0.571. The standard InChI is InChI=1S/C14H20F2N2/c1-10-4-5-18(12(6-10)8-17)9-11-2-3-13(15)14(16)7-11/h2-3,7,10,12H,4-6,8-9,17H2,1H3. The Morgan fingerprint density at radius 3 is 2.78 bits per heavy atom. The Labute approximate surface area is 107 Å². The Morgan fingerprint density at radius 1 is 1.33 bits per heavy atom. The van der Waals surface area contributed by atoms with Crippen molar-refractivity contribution in [2.75, 3.05) is 13.1 Å². The fourth-order valence-electron chi connectivity index (χ4n) is 2.63. The van der Waals surface area contributed by atoms with Crippen LogP contribution in [0.2, 0.25) is 0 Å². The Morgan fingerprint density at radius 2 is 2.11 bits per heavy atom. The monoisotopic (exact) mass is 254 g/mol. The number of halogens is 2. The van der Waals surface area contributed by atoms with E-state index in [-0.39, 0.29) is 0 Å². The van der Waals surface area contributed by atoms with Crippen LogP contribution >= 0.6 is 0 Å². The number of likely N-dealkylation sites (tertiary alicyclic amines) is 1. The Balaban J connectivity index is 2.05. The average Bonchev–Trinajstić information content (AvgIpc) is 2.36. The molecule has 1 aliphatic heterocycles. The lowest BCUT2D eigenvalue weighted by Crippen LogP contribution is -2.45. The predicted molar refractivity (Wildman–Crippen MR) is 68.0 cm³/mol. The lowest BCUT2D eigenvalue weighted by molar-refractivity contribution is 0.115. The molecule has 1 heterocycles. The van der Waals surface area contributed by atoms with E-state index >= 15 is 0 Å². The number of hydrogen-bond donors (Lipinski definition) is 1. The Kier molecular flexibility index (Phi) is 4.30. The van der Waals surface area contributed by atoms with E-state index in [1.165, 1.54) is 12.1 Å². The van der Waals surface area contributed by atoms with Crippen molar-refractivity contribution < 1.29 is 8.78 Å². The lowest BCUT2D eigenvalue weighted by atomic mass is 9.92. The number of piperidine rings is 1. The quantitative estimate of drug-likeness (QED) is 0.898. The molecule has 0 saturated carbocycles. The molecule has 0 bridgehead atoms. The third kappa shape index (κ3) is 3.06. The SMILES string of the molecule is CC1CCN(Cc2ccc(F)c(F)c2)C(CN)C1. The maximum absolute atomic E-state index is 13.2. The first-order chi connectivity index (χ1) is 8.60. The van der Waals surface area contributed by atoms with Crippen molar-refractivity contribution in [2.24, 2.45) is 11.7 Å². The zero-order valence-electron chi connectivity index (χ0n) is 10.7. The van der Waals surface area contributed by atoms with Crippen LogP contribution < -0.4 is 5.73 Å². The van der Waals surface area contributed by atoms with E-state index in [1.807, 2.05) is 0 Å². The van der Waals surface area contributed by atoms with Gasteiger partial charge >= 0.3 is 0 Å². The van der Waals surface area contributed by atoms with Crippen LogP contribution in [0.15, 0.2) is 18.2 Å². The van der Waals surface area contributed by atoms with Gasteiger partial charge in [0.1, 0.15) is 0 Å². The first-order valence-corrected chi connectivity index (χ1v) is 6.48. The normalized spacial score (nSPS) is 25.3. The van der Waals surface area contributed by atoms with Gasteiger partial charge in [-0.3, -0.25) is 4.90 Å². The highest BCUT2D eigenvalue weighted by atomic mass is 19.2. The van der Waals surface area contributed by atoms with Gasteiger partial charge in [-0.15, -0.1) is 0 Å². The summed E-state index contributed by atoms with van der Waals surface area (Å²) >= 11 is 0. The van der Waals surface area contributed by atoms with Crippen LogP contribution in [-0.4, -0.2) is 24.0 Å². The molecule has 0 radical (unpaired) electrons. The van der Waals surface area contributed by atoms with Gasteiger partial charge < -0.3 is 5.73 Å². The summed E-state index contributed by atoms with van der Waals surface area (Å²) in [5.74, 6) is -0.872. The van der Waals surface area contributed by atoms with Crippen molar-refractivity contribution in [1.29, 1.82) is 0 Å². The molecular formula is C14H20F2N2. The minimum Gasteiger partial charge on any atom is -0.329 e. The van der Waals surface area contributed by atoms with Gasteiger partial charge in [0, 0.05) is 19.1 Å². The van der Waals surface area contributed by atoms with E-state index in [0.717, 1.165) is 24.9 Å². The van der Waals surface area contributed by atoms with Crippen LogP contribution in [0, 0.1) is 17.6 Å². The summed E-state index contributed by atoms with van der Waals surface area (Å²) < 4.78 is 26.0. The molecule has 4 heteroatoms. The van der Waals surface area contributed by atoms with Crippen molar-refractivity contribution in [1.82, 2.24) is 4.90 Å². The maximum atomic E-state index is 13.2. The van der Waals surface area contributed by atoms with E-state index in [0.29, 0.717) is 25.0 Å². The van der Waals surface area contributed by atoms with Gasteiger partial charge in [-0.2, -0.15) is 0 Å². The third-order valence-electron chi connectivity index (χ3n) is 3.74. The smallest absolute Gasteiger partial charge is 0.159 e. The van der Waals surface area contributed by atoms with E-state index in [2.05, 4.69) is 11.8 Å². The number of rotatable bonds is 3. The Bertz CT molecular complexity index is 409. The van der Waals surface area contributed by atoms with E-state index in [1.54, 1.807) is 6.07 Å². The molecule has 0 amide bonds. The maximum Gasteiger partial charge on any atom is 0.159 e. The van der Waals surface area contributed by atoms with Gasteiger partial charge in [-0.25, -0.2) is 8.78 Å². The van der Waals surface area contributed by atoms with Crippen LogP contribution in [0.5, 0.6) is 0 Å². The minimum absolute atomic E-state index is 0.349. The third-order valence-corrected chi connectivity index (χ3v) is 3.74. The topological polar surface area (TPSA) is 29.3 Å². The molecule has 2 rings (SSSR count). The molecule has 2 unspecified atom stereocenters. The molecule has 1 aromatic rings. The van der Waals surface area contributed by atoms with Crippen molar-refractivity contribution >= 4 is 0 Å². The van der Waals surface area contributed by atoms with E-state index in [9.17, 15) is 8.78 Å². The van der Waals surface area contributed by atoms with Crippen LogP contribution in [0.3, 0.4) is 0 Å². The van der Waals surface area contributed by atoms with E-state index in [4.69, 9.17) is 5.73 Å². The van der Waals surface area contributed by atoms with Gasteiger partial charge in [-0.05, 0) is 43.0 Å². The zero-order chi connectivity index (χ0) is 13.1. The first-order valence-electron chi connectivity index (χ1n) is 6.48. The molecule has 100 valence electrons. The lowest BCUT2D eigenvalue weighted by Gasteiger charge is -2.38. The van der Waals surface area contributed by atoms with Crippen LogP contribution in [0.25, 0.3) is 0 Å². The largest absolute Gasteiger partial charge is 0.329 e. The molecule has 18 heavy (non-hydrogen) atoms. The molecule has 1 saturated heterocycles. The average molecular weight is 254 g/mol. The minimum atomic E-state index is -0.790. The van der Waals surface area contributed by atoms with Crippen molar-refractivity contribution in [3.63, 3.8) is 0 Å². The van der Waals surface area contributed by atoms with Gasteiger partial charge in [-0.1, -0.05) is 13.0 Å². The molecule has 2 atom stereocenters. The molecule has 0 aromatic heterocycles.